The summed E-state index contributed by atoms with van der Waals surface area (Å²) in [6.45, 7) is 7.82. The molecule has 1 aromatic carbocycles. The number of rotatable bonds is 6. The van der Waals surface area contributed by atoms with Gasteiger partial charge in [0, 0.05) is 25.4 Å². The second-order valence-electron chi connectivity index (χ2n) is 8.33. The third-order valence-electron chi connectivity index (χ3n) is 4.30. The van der Waals surface area contributed by atoms with Crippen LogP contribution in [0.4, 0.5) is 11.6 Å². The van der Waals surface area contributed by atoms with Crippen molar-refractivity contribution < 1.29 is 4.79 Å². The highest BCUT2D eigenvalue weighted by atomic mass is 16.2. The van der Waals surface area contributed by atoms with E-state index in [-0.39, 0.29) is 12.4 Å². The van der Waals surface area contributed by atoms with Crippen LogP contribution < -0.4 is 16.4 Å². The molecule has 0 saturated carbocycles. The van der Waals surface area contributed by atoms with Crippen LogP contribution in [-0.2, 0) is 18.4 Å². The van der Waals surface area contributed by atoms with Gasteiger partial charge in [-0.3, -0.25) is 9.48 Å². The molecule has 0 aliphatic carbocycles. The lowest BCUT2D eigenvalue weighted by atomic mass is 10.0. The van der Waals surface area contributed by atoms with Gasteiger partial charge < -0.3 is 16.4 Å². The molecule has 0 fully saturated rings. The largest absolute Gasteiger partial charge is 0.378 e. The fraction of sp³-hybridized carbons (Fsp3) is 0.333. The molecule has 12 nitrogen and oxygen atoms in total. The number of nitrogens with one attached hydrogen (secondary N) is 2. The van der Waals surface area contributed by atoms with Crippen LogP contribution in [0.1, 0.15) is 31.9 Å². The van der Waals surface area contributed by atoms with Crippen LogP contribution in [0, 0.1) is 6.92 Å². The third kappa shape index (κ3) is 6.89. The summed E-state index contributed by atoms with van der Waals surface area (Å²) < 4.78 is 1.68. The third-order valence-corrected chi connectivity index (χ3v) is 4.30. The molecule has 0 aliphatic heterocycles. The quantitative estimate of drug-likeness (QED) is 0.225. The van der Waals surface area contributed by atoms with Crippen LogP contribution in [0.25, 0.3) is 11.4 Å². The summed E-state index contributed by atoms with van der Waals surface area (Å²) in [5.74, 6) is 0.169. The van der Waals surface area contributed by atoms with Gasteiger partial charge in [-0.15, -0.1) is 5.10 Å². The summed E-state index contributed by atoms with van der Waals surface area (Å²) in [6.07, 6.45) is 4.95. The highest BCUT2D eigenvalue weighted by Gasteiger charge is 2.11. The van der Waals surface area contributed by atoms with Crippen molar-refractivity contribution in [2.45, 2.75) is 39.8 Å². The SMILES string of the molecule is Cc1cc(-c2ncnc(Nc3cnn(C)c3)n2)ccc1CNC(=O)C(N)=NN=NC(C)(C)C. The zero-order valence-corrected chi connectivity index (χ0v) is 19.2. The molecule has 0 spiro atoms. The van der Waals surface area contributed by atoms with Crippen molar-refractivity contribution in [2.75, 3.05) is 5.32 Å². The number of amidine groups is 1. The summed E-state index contributed by atoms with van der Waals surface area (Å²) in [5.41, 5.74) is 8.75. The Balaban J connectivity index is 1.65. The Kier molecular flexibility index (Phi) is 7.06. The normalized spacial score (nSPS) is 12.2. The van der Waals surface area contributed by atoms with E-state index in [0.717, 1.165) is 22.4 Å². The lowest BCUT2D eigenvalue weighted by molar-refractivity contribution is -0.115. The van der Waals surface area contributed by atoms with Crippen molar-refractivity contribution >= 4 is 23.4 Å². The molecule has 0 bridgehead atoms. The topological polar surface area (TPSA) is 161 Å². The van der Waals surface area contributed by atoms with Gasteiger partial charge in [-0.1, -0.05) is 12.1 Å². The summed E-state index contributed by atoms with van der Waals surface area (Å²) in [7, 11) is 1.83. The number of hydrogen-bond acceptors (Lipinski definition) is 8. The number of aromatic nitrogens is 5. The van der Waals surface area contributed by atoms with Crippen molar-refractivity contribution in [3.63, 3.8) is 0 Å². The van der Waals surface area contributed by atoms with E-state index in [2.05, 4.69) is 46.1 Å². The molecule has 4 N–H and O–H groups in total. The van der Waals surface area contributed by atoms with Gasteiger partial charge in [0.1, 0.15) is 6.33 Å². The predicted molar refractivity (Wildman–Crippen MR) is 125 cm³/mol. The second kappa shape index (κ2) is 9.94. The molecule has 33 heavy (non-hydrogen) atoms. The van der Waals surface area contributed by atoms with Crippen molar-refractivity contribution in [1.29, 1.82) is 0 Å². The predicted octanol–water partition coefficient (Wildman–Crippen LogP) is 2.46. The first-order chi connectivity index (χ1) is 15.6. The summed E-state index contributed by atoms with van der Waals surface area (Å²) in [4.78, 5) is 25.0. The maximum absolute atomic E-state index is 12.2. The number of aryl methyl sites for hydroxylation is 2. The van der Waals surface area contributed by atoms with E-state index < -0.39 is 11.4 Å². The maximum atomic E-state index is 12.2. The summed E-state index contributed by atoms with van der Waals surface area (Å²) in [5, 5.41) is 21.1. The summed E-state index contributed by atoms with van der Waals surface area (Å²) in [6, 6.07) is 5.72. The Morgan fingerprint density at radius 2 is 2.03 bits per heavy atom. The fourth-order valence-corrected chi connectivity index (χ4v) is 2.66. The minimum atomic E-state index is -0.519. The molecule has 0 unspecified atom stereocenters. The number of carbonyl (C=O) groups excluding carboxylic acids is 1. The standard InChI is InChI=1S/C21H27N11O/c1-13-8-14(18-24-12-25-20(28-18)27-16-10-26-32(5)11-16)6-7-15(13)9-23-19(33)17(22)29-31-30-21(2,3)4/h6-8,10-12H,9H2,1-5H3,(H,23,33)(H2,22,29,30)(H,24,25,27,28). The van der Waals surface area contributed by atoms with Gasteiger partial charge in [-0.2, -0.15) is 15.2 Å². The first kappa shape index (κ1) is 23.4. The number of nitrogens with zero attached hydrogens (tertiary/aromatic N) is 8. The van der Waals surface area contributed by atoms with Crippen LogP contribution >= 0.6 is 0 Å². The van der Waals surface area contributed by atoms with E-state index in [1.807, 2.05) is 59.1 Å². The fourth-order valence-electron chi connectivity index (χ4n) is 2.66. The Morgan fingerprint density at radius 1 is 1.24 bits per heavy atom. The Hall–Kier alpha value is -4.22. The van der Waals surface area contributed by atoms with E-state index >= 15 is 0 Å². The smallest absolute Gasteiger partial charge is 0.288 e. The minimum Gasteiger partial charge on any atom is -0.378 e. The van der Waals surface area contributed by atoms with E-state index in [1.165, 1.54) is 6.33 Å². The highest BCUT2D eigenvalue weighted by Crippen LogP contribution is 2.20. The lowest BCUT2D eigenvalue weighted by Gasteiger charge is -2.10. The highest BCUT2D eigenvalue weighted by molar-refractivity contribution is 6.37. The zero-order chi connectivity index (χ0) is 24.0. The molecule has 1 amide bonds. The average Bonchev–Trinajstić information content (AvgIpc) is 3.16. The molecule has 3 aromatic rings. The van der Waals surface area contributed by atoms with Crippen LogP contribution in [0.2, 0.25) is 0 Å². The molecule has 172 valence electrons. The van der Waals surface area contributed by atoms with Gasteiger partial charge in [-0.05, 0) is 50.1 Å². The number of amides is 1. The first-order valence-corrected chi connectivity index (χ1v) is 10.2. The van der Waals surface area contributed by atoms with E-state index in [1.54, 1.807) is 10.9 Å². The number of carbonyl (C=O) groups is 1. The molecule has 0 atom stereocenters. The van der Waals surface area contributed by atoms with Crippen molar-refractivity contribution in [1.82, 2.24) is 30.0 Å². The molecule has 2 aromatic heterocycles. The molecule has 0 aliphatic rings. The second-order valence-corrected chi connectivity index (χ2v) is 8.33. The molecule has 12 heteroatoms. The summed E-state index contributed by atoms with van der Waals surface area (Å²) >= 11 is 0. The number of anilines is 2. The minimum absolute atomic E-state index is 0.254. The molecular formula is C21H27N11O. The van der Waals surface area contributed by atoms with Gasteiger partial charge >= 0.3 is 0 Å². The van der Waals surface area contributed by atoms with E-state index in [4.69, 9.17) is 5.73 Å². The van der Waals surface area contributed by atoms with Gasteiger partial charge in [0.15, 0.2) is 5.82 Å². The van der Waals surface area contributed by atoms with Crippen LogP contribution in [0.15, 0.2) is 52.4 Å². The van der Waals surface area contributed by atoms with E-state index in [9.17, 15) is 4.79 Å². The molecule has 2 heterocycles. The monoisotopic (exact) mass is 449 g/mol. The van der Waals surface area contributed by atoms with Gasteiger partial charge in [0.25, 0.3) is 5.91 Å². The van der Waals surface area contributed by atoms with Crippen molar-refractivity contribution in [2.24, 2.45) is 28.2 Å². The lowest BCUT2D eigenvalue weighted by Crippen LogP contribution is -2.35. The Labute approximate surface area is 191 Å². The zero-order valence-electron chi connectivity index (χ0n) is 19.2. The molecular weight excluding hydrogens is 422 g/mol. The van der Waals surface area contributed by atoms with Crippen molar-refractivity contribution in [3.8, 4) is 11.4 Å². The van der Waals surface area contributed by atoms with Gasteiger partial charge in [0.05, 0.1) is 17.4 Å². The van der Waals surface area contributed by atoms with Crippen molar-refractivity contribution in [3.05, 3.63) is 48.0 Å². The molecule has 0 radical (unpaired) electrons. The van der Waals surface area contributed by atoms with Gasteiger partial charge in [-0.25, -0.2) is 9.97 Å². The number of nitrogens with two attached hydrogens (primary N) is 1. The first-order valence-electron chi connectivity index (χ1n) is 10.2. The van der Waals surface area contributed by atoms with Crippen LogP contribution in [0.3, 0.4) is 0 Å². The number of hydrogen-bond donors (Lipinski definition) is 3. The maximum Gasteiger partial charge on any atom is 0.288 e. The van der Waals surface area contributed by atoms with Crippen LogP contribution in [-0.4, -0.2) is 42.0 Å². The Morgan fingerprint density at radius 3 is 2.70 bits per heavy atom. The van der Waals surface area contributed by atoms with Crippen LogP contribution in [0.5, 0.6) is 0 Å². The Bertz CT molecular complexity index is 1190. The number of benzene rings is 1. The molecule has 3 rings (SSSR count). The molecule has 0 saturated heterocycles. The van der Waals surface area contributed by atoms with Gasteiger partial charge in [0.2, 0.25) is 11.8 Å². The average molecular weight is 450 g/mol. The van der Waals surface area contributed by atoms with E-state index in [0.29, 0.717) is 11.8 Å².